The highest BCUT2D eigenvalue weighted by molar-refractivity contribution is 5.17. The van der Waals surface area contributed by atoms with Crippen LogP contribution in [0.15, 0.2) is 30.3 Å². The molecular formula is C17H25NO. The molecule has 2 saturated carbocycles. The third kappa shape index (κ3) is 3.58. The molecule has 0 radical (unpaired) electrons. The Labute approximate surface area is 116 Å². The van der Waals surface area contributed by atoms with Gasteiger partial charge >= 0.3 is 0 Å². The fourth-order valence-corrected chi connectivity index (χ4v) is 2.89. The minimum Gasteiger partial charge on any atom is -0.388 e. The fraction of sp³-hybridized carbons (Fsp3) is 0.647. The van der Waals surface area contributed by atoms with Gasteiger partial charge in [-0.1, -0.05) is 37.3 Å². The van der Waals surface area contributed by atoms with Crippen LogP contribution in [0.3, 0.4) is 0 Å². The maximum absolute atomic E-state index is 10.5. The maximum atomic E-state index is 10.5. The first kappa shape index (κ1) is 13.1. The Kier molecular flexibility index (Phi) is 3.90. The zero-order valence-electron chi connectivity index (χ0n) is 11.8. The molecule has 2 aliphatic carbocycles. The molecular weight excluding hydrogens is 234 g/mol. The van der Waals surface area contributed by atoms with Gasteiger partial charge in [0, 0.05) is 19.1 Å². The molecule has 2 atom stereocenters. The summed E-state index contributed by atoms with van der Waals surface area (Å²) in [7, 11) is 0. The summed E-state index contributed by atoms with van der Waals surface area (Å²) in [6, 6.07) is 10.9. The van der Waals surface area contributed by atoms with E-state index in [-0.39, 0.29) is 6.10 Å². The van der Waals surface area contributed by atoms with Gasteiger partial charge in [-0.2, -0.15) is 0 Å². The van der Waals surface area contributed by atoms with Crippen LogP contribution in [0.1, 0.15) is 44.3 Å². The van der Waals surface area contributed by atoms with Gasteiger partial charge in [-0.3, -0.25) is 4.90 Å². The summed E-state index contributed by atoms with van der Waals surface area (Å²) in [5, 5.41) is 10.5. The Hall–Kier alpha value is -0.860. The minimum absolute atomic E-state index is 0.307. The maximum Gasteiger partial charge on any atom is 0.0827 e. The summed E-state index contributed by atoms with van der Waals surface area (Å²) in [6.07, 6.45) is 5.22. The Morgan fingerprint density at radius 1 is 1.16 bits per heavy atom. The Bertz CT molecular complexity index is 397. The lowest BCUT2D eigenvalue weighted by Crippen LogP contribution is -2.34. The first-order valence-electron chi connectivity index (χ1n) is 7.71. The van der Waals surface area contributed by atoms with E-state index in [1.165, 1.54) is 32.2 Å². The van der Waals surface area contributed by atoms with E-state index in [9.17, 15) is 5.11 Å². The van der Waals surface area contributed by atoms with Gasteiger partial charge in [-0.25, -0.2) is 0 Å². The van der Waals surface area contributed by atoms with Crippen molar-refractivity contribution in [3.05, 3.63) is 35.9 Å². The SMILES string of the molecule is CC(CN(CC1CC1)C1CC1)C(O)c1ccccc1. The van der Waals surface area contributed by atoms with Crippen LogP contribution < -0.4 is 0 Å². The van der Waals surface area contributed by atoms with Gasteiger partial charge in [0.1, 0.15) is 0 Å². The monoisotopic (exact) mass is 259 g/mol. The second-order valence-electron chi connectivity index (χ2n) is 6.46. The highest BCUT2D eigenvalue weighted by Gasteiger charge is 2.35. The number of aliphatic hydroxyl groups excluding tert-OH is 1. The van der Waals surface area contributed by atoms with Gasteiger partial charge in [-0.05, 0) is 43.1 Å². The van der Waals surface area contributed by atoms with Crippen molar-refractivity contribution in [3.63, 3.8) is 0 Å². The Morgan fingerprint density at radius 3 is 2.42 bits per heavy atom. The normalized spacial score (nSPS) is 22.5. The third-order valence-electron chi connectivity index (χ3n) is 4.46. The summed E-state index contributed by atoms with van der Waals surface area (Å²) >= 11 is 0. The molecule has 1 aromatic carbocycles. The molecule has 0 spiro atoms. The number of nitrogens with zero attached hydrogens (tertiary/aromatic N) is 1. The molecule has 104 valence electrons. The molecule has 0 saturated heterocycles. The van der Waals surface area contributed by atoms with Gasteiger partial charge in [0.2, 0.25) is 0 Å². The average Bonchev–Trinajstić information content (AvgIpc) is 3.29. The standard InChI is InChI=1S/C17H25NO/c1-13(17(19)15-5-3-2-4-6-15)11-18(16-9-10-16)12-14-7-8-14/h2-6,13-14,16-17,19H,7-12H2,1H3. The van der Waals surface area contributed by atoms with Crippen molar-refractivity contribution in [1.29, 1.82) is 0 Å². The number of aliphatic hydroxyl groups is 1. The van der Waals surface area contributed by atoms with Crippen molar-refractivity contribution in [3.8, 4) is 0 Å². The van der Waals surface area contributed by atoms with E-state index in [0.29, 0.717) is 5.92 Å². The number of hydrogen-bond acceptors (Lipinski definition) is 2. The van der Waals surface area contributed by atoms with Crippen LogP contribution in [0.5, 0.6) is 0 Å². The average molecular weight is 259 g/mol. The molecule has 0 heterocycles. The second kappa shape index (κ2) is 5.64. The van der Waals surface area contributed by atoms with Crippen LogP contribution in [-0.4, -0.2) is 29.1 Å². The topological polar surface area (TPSA) is 23.5 Å². The van der Waals surface area contributed by atoms with Crippen molar-refractivity contribution >= 4 is 0 Å². The highest BCUT2D eigenvalue weighted by Crippen LogP contribution is 2.36. The molecule has 0 aliphatic heterocycles. The van der Waals surface area contributed by atoms with E-state index in [1.807, 2.05) is 30.3 Å². The largest absolute Gasteiger partial charge is 0.388 e. The lowest BCUT2D eigenvalue weighted by Gasteiger charge is -2.28. The predicted molar refractivity (Wildman–Crippen MR) is 77.9 cm³/mol. The summed E-state index contributed by atoms with van der Waals surface area (Å²) in [5.41, 5.74) is 1.05. The number of benzene rings is 1. The highest BCUT2D eigenvalue weighted by atomic mass is 16.3. The summed E-state index contributed by atoms with van der Waals surface area (Å²) in [5.74, 6) is 1.25. The molecule has 2 aliphatic rings. The molecule has 1 N–H and O–H groups in total. The quantitative estimate of drug-likeness (QED) is 0.812. The summed E-state index contributed by atoms with van der Waals surface area (Å²) < 4.78 is 0. The van der Waals surface area contributed by atoms with Gasteiger partial charge < -0.3 is 5.11 Å². The molecule has 1 aromatic rings. The molecule has 2 unspecified atom stereocenters. The number of hydrogen-bond donors (Lipinski definition) is 1. The molecule has 2 fully saturated rings. The Balaban J connectivity index is 1.57. The summed E-state index contributed by atoms with van der Waals surface area (Å²) in [4.78, 5) is 2.63. The van der Waals surface area contributed by atoms with Crippen LogP contribution in [0.25, 0.3) is 0 Å². The molecule has 3 rings (SSSR count). The molecule has 0 aromatic heterocycles. The van der Waals surface area contributed by atoms with Gasteiger partial charge in [0.15, 0.2) is 0 Å². The molecule has 2 nitrogen and oxygen atoms in total. The van der Waals surface area contributed by atoms with E-state index in [1.54, 1.807) is 0 Å². The minimum atomic E-state index is -0.332. The third-order valence-corrected chi connectivity index (χ3v) is 4.46. The number of rotatable bonds is 7. The van der Waals surface area contributed by atoms with Gasteiger partial charge in [0.25, 0.3) is 0 Å². The van der Waals surface area contributed by atoms with Crippen molar-refractivity contribution < 1.29 is 5.11 Å². The predicted octanol–water partition coefficient (Wildman–Crippen LogP) is 3.23. The lowest BCUT2D eigenvalue weighted by atomic mass is 9.97. The van der Waals surface area contributed by atoms with Crippen molar-refractivity contribution in [1.82, 2.24) is 4.90 Å². The van der Waals surface area contributed by atoms with E-state index < -0.39 is 0 Å². The van der Waals surface area contributed by atoms with Crippen LogP contribution in [0.2, 0.25) is 0 Å². The van der Waals surface area contributed by atoms with Crippen LogP contribution in [-0.2, 0) is 0 Å². The first-order valence-corrected chi connectivity index (χ1v) is 7.71. The van der Waals surface area contributed by atoms with E-state index in [2.05, 4.69) is 11.8 Å². The van der Waals surface area contributed by atoms with Crippen molar-refractivity contribution in [2.24, 2.45) is 11.8 Å². The Morgan fingerprint density at radius 2 is 1.84 bits per heavy atom. The van der Waals surface area contributed by atoms with Crippen molar-refractivity contribution in [2.45, 2.75) is 44.8 Å². The van der Waals surface area contributed by atoms with E-state index >= 15 is 0 Å². The van der Waals surface area contributed by atoms with Gasteiger partial charge in [0.05, 0.1) is 6.10 Å². The first-order chi connectivity index (χ1) is 9.24. The van der Waals surface area contributed by atoms with Crippen molar-refractivity contribution in [2.75, 3.05) is 13.1 Å². The van der Waals surface area contributed by atoms with Gasteiger partial charge in [-0.15, -0.1) is 0 Å². The van der Waals surface area contributed by atoms with Crippen LogP contribution in [0, 0.1) is 11.8 Å². The molecule has 0 amide bonds. The molecule has 2 heteroatoms. The zero-order valence-corrected chi connectivity index (χ0v) is 11.8. The second-order valence-corrected chi connectivity index (χ2v) is 6.46. The molecule has 19 heavy (non-hydrogen) atoms. The van der Waals surface area contributed by atoms with E-state index in [0.717, 1.165) is 24.1 Å². The van der Waals surface area contributed by atoms with E-state index in [4.69, 9.17) is 0 Å². The fourth-order valence-electron chi connectivity index (χ4n) is 2.89. The van der Waals surface area contributed by atoms with Crippen LogP contribution in [0.4, 0.5) is 0 Å². The van der Waals surface area contributed by atoms with Crippen LogP contribution >= 0.6 is 0 Å². The smallest absolute Gasteiger partial charge is 0.0827 e. The summed E-state index contributed by atoms with van der Waals surface area (Å²) in [6.45, 7) is 4.48. The zero-order chi connectivity index (χ0) is 13.2. The lowest BCUT2D eigenvalue weighted by molar-refractivity contribution is 0.0841. The molecule has 0 bridgehead atoms.